The molecule has 12 heteroatoms. The van der Waals surface area contributed by atoms with E-state index in [-0.39, 0.29) is 30.2 Å². The quantitative estimate of drug-likeness (QED) is 0.360. The summed E-state index contributed by atoms with van der Waals surface area (Å²) in [6.07, 6.45) is 3.05. The maximum Gasteiger partial charge on any atom is 0.332 e. The summed E-state index contributed by atoms with van der Waals surface area (Å²) >= 11 is 7.72. The lowest BCUT2D eigenvalue weighted by Gasteiger charge is -2.20. The molecule has 35 heavy (non-hydrogen) atoms. The number of carbonyl (C=O) groups is 1. The van der Waals surface area contributed by atoms with Crippen molar-refractivity contribution in [3.8, 4) is 0 Å². The number of fused-ring (bicyclic) bond motifs is 2. The summed E-state index contributed by atoms with van der Waals surface area (Å²) in [6, 6.07) is 9.16. The highest BCUT2D eigenvalue weighted by Crippen LogP contribution is 2.36. The Morgan fingerprint density at radius 1 is 1.11 bits per heavy atom. The number of aryl methyl sites for hydroxylation is 2. The summed E-state index contributed by atoms with van der Waals surface area (Å²) in [7, 11) is 2.92. The van der Waals surface area contributed by atoms with Gasteiger partial charge in [-0.3, -0.25) is 28.6 Å². The van der Waals surface area contributed by atoms with Crippen molar-refractivity contribution in [1.82, 2.24) is 28.7 Å². The third kappa shape index (κ3) is 3.92. The van der Waals surface area contributed by atoms with Crippen LogP contribution in [0.4, 0.5) is 5.13 Å². The molecule has 5 aromatic rings. The fourth-order valence-corrected chi connectivity index (χ4v) is 5.20. The van der Waals surface area contributed by atoms with Gasteiger partial charge in [-0.15, -0.1) is 0 Å². The summed E-state index contributed by atoms with van der Waals surface area (Å²) < 4.78 is 4.52. The maximum atomic E-state index is 13.7. The Kier molecular flexibility index (Phi) is 5.73. The van der Waals surface area contributed by atoms with Crippen molar-refractivity contribution in [2.24, 2.45) is 14.1 Å². The van der Waals surface area contributed by atoms with Crippen LogP contribution in [0.15, 0.2) is 52.4 Å². The summed E-state index contributed by atoms with van der Waals surface area (Å²) in [5.74, 6) is -0.321. The van der Waals surface area contributed by atoms with Gasteiger partial charge in [0.25, 0.3) is 5.56 Å². The molecule has 0 spiro atoms. The largest absolute Gasteiger partial charge is 0.332 e. The van der Waals surface area contributed by atoms with Crippen LogP contribution in [0.25, 0.3) is 21.4 Å². The lowest BCUT2D eigenvalue weighted by molar-refractivity contribution is -0.119. The summed E-state index contributed by atoms with van der Waals surface area (Å²) in [4.78, 5) is 53.5. The molecule has 178 valence electrons. The van der Waals surface area contributed by atoms with Crippen LogP contribution in [0.5, 0.6) is 0 Å². The molecule has 0 aliphatic heterocycles. The molecule has 0 radical (unpaired) electrons. The average molecular weight is 510 g/mol. The van der Waals surface area contributed by atoms with E-state index in [2.05, 4.69) is 9.97 Å². The van der Waals surface area contributed by atoms with Crippen LogP contribution in [0, 0.1) is 6.92 Å². The van der Waals surface area contributed by atoms with Crippen molar-refractivity contribution in [2.75, 3.05) is 4.90 Å². The van der Waals surface area contributed by atoms with E-state index in [9.17, 15) is 14.4 Å². The zero-order valence-electron chi connectivity index (χ0n) is 19.1. The molecule has 5 rings (SSSR count). The Morgan fingerprint density at radius 2 is 1.91 bits per heavy atom. The topological polar surface area (TPSA) is 108 Å². The molecule has 4 heterocycles. The van der Waals surface area contributed by atoms with E-state index in [1.54, 1.807) is 12.3 Å². The normalized spacial score (nSPS) is 11.4. The Balaban J connectivity index is 1.59. The van der Waals surface area contributed by atoms with Gasteiger partial charge < -0.3 is 4.57 Å². The maximum absolute atomic E-state index is 13.7. The smallest absolute Gasteiger partial charge is 0.315 e. The summed E-state index contributed by atoms with van der Waals surface area (Å²) in [5, 5.41) is 1.03. The Hall–Kier alpha value is -3.83. The lowest BCUT2D eigenvalue weighted by Crippen LogP contribution is -2.38. The number of amides is 1. The molecule has 0 fully saturated rings. The van der Waals surface area contributed by atoms with E-state index >= 15 is 0 Å². The number of rotatable bonds is 5. The first kappa shape index (κ1) is 22.9. The minimum atomic E-state index is -0.521. The van der Waals surface area contributed by atoms with Gasteiger partial charge in [-0.05, 0) is 30.7 Å². The molecule has 0 saturated carbocycles. The third-order valence-corrected chi connectivity index (χ3v) is 7.33. The molecule has 0 atom stereocenters. The molecular weight excluding hydrogens is 490 g/mol. The van der Waals surface area contributed by atoms with E-state index in [0.29, 0.717) is 15.8 Å². The van der Waals surface area contributed by atoms with Crippen LogP contribution in [0.2, 0.25) is 5.02 Å². The fourth-order valence-electron chi connectivity index (χ4n) is 3.87. The molecule has 10 nitrogen and oxygen atoms in total. The molecule has 0 bridgehead atoms. The van der Waals surface area contributed by atoms with Crippen molar-refractivity contribution in [3.05, 3.63) is 80.0 Å². The minimum Gasteiger partial charge on any atom is -0.315 e. The third-order valence-electron chi connectivity index (χ3n) is 5.79. The first-order chi connectivity index (χ1) is 16.8. The lowest BCUT2D eigenvalue weighted by atomic mass is 10.2. The zero-order valence-corrected chi connectivity index (χ0v) is 20.7. The monoisotopic (exact) mass is 509 g/mol. The van der Waals surface area contributed by atoms with E-state index in [4.69, 9.17) is 16.6 Å². The number of carbonyl (C=O) groups excluding carboxylic acids is 1. The Morgan fingerprint density at radius 3 is 2.63 bits per heavy atom. The van der Waals surface area contributed by atoms with Gasteiger partial charge in [0.1, 0.15) is 6.54 Å². The van der Waals surface area contributed by atoms with Gasteiger partial charge in [-0.1, -0.05) is 35.1 Å². The van der Waals surface area contributed by atoms with E-state index in [1.807, 2.05) is 31.2 Å². The van der Waals surface area contributed by atoms with Crippen LogP contribution in [-0.4, -0.2) is 34.6 Å². The SMILES string of the molecule is Cc1ccc(Cl)c2sc(N(Cc3ccccn3)C(=O)Cn3cnc4c3c(=O)n(C)c(=O)n4C)nc12. The number of aromatic nitrogens is 6. The van der Waals surface area contributed by atoms with Crippen molar-refractivity contribution < 1.29 is 4.79 Å². The van der Waals surface area contributed by atoms with Crippen LogP contribution >= 0.6 is 22.9 Å². The van der Waals surface area contributed by atoms with Crippen LogP contribution in [0.3, 0.4) is 0 Å². The van der Waals surface area contributed by atoms with Gasteiger partial charge >= 0.3 is 5.69 Å². The van der Waals surface area contributed by atoms with Gasteiger partial charge in [0.15, 0.2) is 16.3 Å². The van der Waals surface area contributed by atoms with Gasteiger partial charge in [0.2, 0.25) is 5.91 Å². The average Bonchev–Trinajstić information content (AvgIpc) is 3.49. The number of halogens is 1. The first-order valence-corrected chi connectivity index (χ1v) is 11.8. The molecule has 0 aliphatic rings. The Bertz CT molecular complexity index is 1680. The highest BCUT2D eigenvalue weighted by Gasteiger charge is 2.24. The molecule has 0 N–H and O–H groups in total. The molecule has 1 amide bonds. The highest BCUT2D eigenvalue weighted by molar-refractivity contribution is 7.23. The van der Waals surface area contributed by atoms with Crippen molar-refractivity contribution in [3.63, 3.8) is 0 Å². The number of nitrogens with zero attached hydrogens (tertiary/aromatic N) is 7. The fraction of sp³-hybridized carbons (Fsp3) is 0.217. The van der Waals surface area contributed by atoms with Crippen molar-refractivity contribution in [2.45, 2.75) is 20.0 Å². The van der Waals surface area contributed by atoms with Gasteiger partial charge in [-0.2, -0.15) is 0 Å². The zero-order chi connectivity index (χ0) is 24.9. The second-order valence-electron chi connectivity index (χ2n) is 8.09. The van der Waals surface area contributed by atoms with E-state index < -0.39 is 11.2 Å². The molecular formula is C23H20ClN7O3S. The predicted octanol–water partition coefficient (Wildman–Crippen LogP) is 2.63. The second kappa shape index (κ2) is 8.75. The van der Waals surface area contributed by atoms with Gasteiger partial charge in [0, 0.05) is 20.3 Å². The highest BCUT2D eigenvalue weighted by atomic mass is 35.5. The number of anilines is 1. The van der Waals surface area contributed by atoms with Gasteiger partial charge in [0.05, 0.1) is 33.8 Å². The second-order valence-corrected chi connectivity index (χ2v) is 9.47. The van der Waals surface area contributed by atoms with Crippen molar-refractivity contribution in [1.29, 1.82) is 0 Å². The number of pyridine rings is 1. The van der Waals surface area contributed by atoms with E-state index in [1.165, 1.54) is 45.8 Å². The van der Waals surface area contributed by atoms with Crippen LogP contribution in [0.1, 0.15) is 11.3 Å². The summed E-state index contributed by atoms with van der Waals surface area (Å²) in [6.45, 7) is 1.93. The molecule has 4 aromatic heterocycles. The predicted molar refractivity (Wildman–Crippen MR) is 135 cm³/mol. The number of imidazole rings is 1. The Labute approximate surface area is 207 Å². The number of benzene rings is 1. The van der Waals surface area contributed by atoms with Crippen LogP contribution in [-0.2, 0) is 32.0 Å². The number of thiazole rings is 1. The van der Waals surface area contributed by atoms with E-state index in [0.717, 1.165) is 20.3 Å². The van der Waals surface area contributed by atoms with Crippen LogP contribution < -0.4 is 16.1 Å². The summed E-state index contributed by atoms with van der Waals surface area (Å²) in [5.41, 5.74) is 1.73. The van der Waals surface area contributed by atoms with Gasteiger partial charge in [-0.25, -0.2) is 14.8 Å². The number of hydrogen-bond acceptors (Lipinski definition) is 7. The number of hydrogen-bond donors (Lipinski definition) is 0. The molecule has 0 unspecified atom stereocenters. The standard InChI is InChI=1S/C23H20ClN7O3S/c1-13-7-8-15(24)19-17(13)27-22(35-19)31(10-14-6-4-5-9-25-14)16(32)11-30-12-26-20-18(30)21(33)29(3)23(34)28(20)2/h4-9,12H,10-11H2,1-3H3. The first-order valence-electron chi connectivity index (χ1n) is 10.6. The van der Waals surface area contributed by atoms with Crippen molar-refractivity contribution >= 4 is 55.4 Å². The minimum absolute atomic E-state index is 0.170. The molecule has 0 aliphatic carbocycles. The molecule has 1 aromatic carbocycles. The molecule has 0 saturated heterocycles.